The molecule has 2 N–H and O–H groups in total. The Bertz CT molecular complexity index is 377. The number of nitrogens with zero attached hydrogens (tertiary/aromatic N) is 2. The Morgan fingerprint density at radius 2 is 1.78 bits per heavy atom. The molecule has 0 spiro atoms. The van der Waals surface area contributed by atoms with Crippen LogP contribution in [0.25, 0.3) is 0 Å². The Morgan fingerprint density at radius 1 is 1.17 bits per heavy atom. The van der Waals surface area contributed by atoms with Gasteiger partial charge in [0.25, 0.3) is 0 Å². The van der Waals surface area contributed by atoms with E-state index < -0.39 is 0 Å². The maximum absolute atomic E-state index is 5.41. The summed E-state index contributed by atoms with van der Waals surface area (Å²) < 4.78 is 5.41. The van der Waals surface area contributed by atoms with Crippen molar-refractivity contribution in [3.05, 3.63) is 6.33 Å². The monoisotopic (exact) mass is 252 g/mol. The molecule has 1 aromatic rings. The minimum atomic E-state index is 0.0190. The molecule has 0 amide bonds. The SMILES string of the molecule is CCNc1ncnc(NC(C)(CC)CC)c1OC. The Kier molecular flexibility index (Phi) is 5.19. The summed E-state index contributed by atoms with van der Waals surface area (Å²) in [5.41, 5.74) is 0.0190. The molecule has 5 heteroatoms. The molecule has 1 heterocycles. The summed E-state index contributed by atoms with van der Waals surface area (Å²) in [5.74, 6) is 2.15. The van der Waals surface area contributed by atoms with E-state index in [9.17, 15) is 0 Å². The zero-order chi connectivity index (χ0) is 13.6. The van der Waals surface area contributed by atoms with Crippen molar-refractivity contribution in [3.8, 4) is 5.75 Å². The molecule has 0 aliphatic carbocycles. The normalized spacial score (nSPS) is 11.2. The molecular weight excluding hydrogens is 228 g/mol. The lowest BCUT2D eigenvalue weighted by Gasteiger charge is -2.29. The quantitative estimate of drug-likeness (QED) is 0.781. The topological polar surface area (TPSA) is 59.1 Å². The molecular formula is C13H24N4O. The van der Waals surface area contributed by atoms with E-state index in [0.717, 1.165) is 31.0 Å². The average molecular weight is 252 g/mol. The summed E-state index contributed by atoms with van der Waals surface area (Å²) in [6.07, 6.45) is 3.59. The highest BCUT2D eigenvalue weighted by Crippen LogP contribution is 2.32. The Labute approximate surface area is 109 Å². The van der Waals surface area contributed by atoms with E-state index >= 15 is 0 Å². The van der Waals surface area contributed by atoms with Crippen molar-refractivity contribution >= 4 is 11.6 Å². The highest BCUT2D eigenvalue weighted by atomic mass is 16.5. The van der Waals surface area contributed by atoms with Gasteiger partial charge in [0.2, 0.25) is 5.75 Å². The molecule has 0 aliphatic rings. The molecule has 0 unspecified atom stereocenters. The Balaban J connectivity index is 3.04. The van der Waals surface area contributed by atoms with Gasteiger partial charge >= 0.3 is 0 Å². The second-order valence-corrected chi connectivity index (χ2v) is 4.53. The van der Waals surface area contributed by atoms with Gasteiger partial charge in [-0.15, -0.1) is 0 Å². The minimum absolute atomic E-state index is 0.0190. The lowest BCUT2D eigenvalue weighted by molar-refractivity contribution is 0.409. The van der Waals surface area contributed by atoms with Gasteiger partial charge in [0.15, 0.2) is 11.6 Å². The van der Waals surface area contributed by atoms with Crippen LogP contribution in [-0.4, -0.2) is 29.2 Å². The third-order valence-electron chi connectivity index (χ3n) is 3.33. The fraction of sp³-hybridized carbons (Fsp3) is 0.692. The van der Waals surface area contributed by atoms with Gasteiger partial charge < -0.3 is 15.4 Å². The highest BCUT2D eigenvalue weighted by molar-refractivity contribution is 5.64. The van der Waals surface area contributed by atoms with Gasteiger partial charge in [0, 0.05) is 12.1 Å². The van der Waals surface area contributed by atoms with E-state index in [1.807, 2.05) is 6.92 Å². The summed E-state index contributed by atoms with van der Waals surface area (Å²) in [7, 11) is 1.64. The van der Waals surface area contributed by atoms with Crippen LogP contribution >= 0.6 is 0 Å². The third kappa shape index (κ3) is 3.24. The first-order valence-electron chi connectivity index (χ1n) is 6.51. The molecule has 0 radical (unpaired) electrons. The van der Waals surface area contributed by atoms with Crippen LogP contribution in [0.2, 0.25) is 0 Å². The predicted octanol–water partition coefficient (Wildman–Crippen LogP) is 2.91. The lowest BCUT2D eigenvalue weighted by Crippen LogP contribution is -2.33. The van der Waals surface area contributed by atoms with Gasteiger partial charge in [-0.3, -0.25) is 0 Å². The Morgan fingerprint density at radius 3 is 2.28 bits per heavy atom. The molecule has 0 aromatic carbocycles. The number of nitrogens with one attached hydrogen (secondary N) is 2. The minimum Gasteiger partial charge on any atom is -0.490 e. The van der Waals surface area contributed by atoms with E-state index in [2.05, 4.69) is 41.4 Å². The molecule has 0 atom stereocenters. The molecule has 0 aliphatic heterocycles. The number of hydrogen-bond donors (Lipinski definition) is 2. The van der Waals surface area contributed by atoms with E-state index in [1.54, 1.807) is 13.4 Å². The summed E-state index contributed by atoms with van der Waals surface area (Å²) in [6.45, 7) is 9.33. The van der Waals surface area contributed by atoms with Crippen molar-refractivity contribution in [2.75, 3.05) is 24.3 Å². The van der Waals surface area contributed by atoms with Gasteiger partial charge in [0.05, 0.1) is 7.11 Å². The van der Waals surface area contributed by atoms with Crippen LogP contribution in [-0.2, 0) is 0 Å². The van der Waals surface area contributed by atoms with Gasteiger partial charge in [-0.05, 0) is 26.7 Å². The Hall–Kier alpha value is -1.52. The maximum atomic E-state index is 5.41. The van der Waals surface area contributed by atoms with Crippen molar-refractivity contribution in [3.63, 3.8) is 0 Å². The summed E-state index contributed by atoms with van der Waals surface area (Å²) in [6, 6.07) is 0. The predicted molar refractivity (Wildman–Crippen MR) is 75.4 cm³/mol. The third-order valence-corrected chi connectivity index (χ3v) is 3.33. The number of methoxy groups -OCH3 is 1. The number of hydrogen-bond acceptors (Lipinski definition) is 5. The number of ether oxygens (including phenoxy) is 1. The summed E-state index contributed by atoms with van der Waals surface area (Å²) in [5, 5.41) is 6.63. The van der Waals surface area contributed by atoms with E-state index in [-0.39, 0.29) is 5.54 Å². The zero-order valence-corrected chi connectivity index (χ0v) is 12.0. The summed E-state index contributed by atoms with van der Waals surface area (Å²) in [4.78, 5) is 8.48. The lowest BCUT2D eigenvalue weighted by atomic mass is 9.95. The van der Waals surface area contributed by atoms with E-state index in [1.165, 1.54) is 0 Å². The molecule has 0 bridgehead atoms. The second-order valence-electron chi connectivity index (χ2n) is 4.53. The van der Waals surface area contributed by atoms with Gasteiger partial charge in [-0.25, -0.2) is 9.97 Å². The first-order valence-corrected chi connectivity index (χ1v) is 6.51. The smallest absolute Gasteiger partial charge is 0.204 e. The average Bonchev–Trinajstić information content (AvgIpc) is 2.39. The maximum Gasteiger partial charge on any atom is 0.204 e. The first-order chi connectivity index (χ1) is 8.60. The van der Waals surface area contributed by atoms with Gasteiger partial charge in [-0.2, -0.15) is 0 Å². The molecule has 1 aromatic heterocycles. The molecule has 18 heavy (non-hydrogen) atoms. The zero-order valence-electron chi connectivity index (χ0n) is 12.0. The van der Waals surface area contributed by atoms with Crippen LogP contribution in [0.5, 0.6) is 5.75 Å². The standard InChI is InChI=1S/C13H24N4O/c1-6-13(4,7-2)17-12-10(18-5)11(14-8-3)15-9-16-12/h9H,6-8H2,1-5H3,(H2,14,15,16,17). The van der Waals surface area contributed by atoms with Crippen LogP contribution in [0.4, 0.5) is 11.6 Å². The van der Waals surface area contributed by atoms with Crippen molar-refractivity contribution in [1.82, 2.24) is 9.97 Å². The van der Waals surface area contributed by atoms with Crippen LogP contribution < -0.4 is 15.4 Å². The van der Waals surface area contributed by atoms with Crippen LogP contribution in [0, 0.1) is 0 Å². The summed E-state index contributed by atoms with van der Waals surface area (Å²) >= 11 is 0. The molecule has 1 rings (SSSR count). The van der Waals surface area contributed by atoms with Crippen molar-refractivity contribution in [1.29, 1.82) is 0 Å². The van der Waals surface area contributed by atoms with Crippen molar-refractivity contribution in [2.24, 2.45) is 0 Å². The molecule has 102 valence electrons. The van der Waals surface area contributed by atoms with Crippen molar-refractivity contribution < 1.29 is 4.74 Å². The van der Waals surface area contributed by atoms with Gasteiger partial charge in [0.1, 0.15) is 6.33 Å². The van der Waals surface area contributed by atoms with Gasteiger partial charge in [-0.1, -0.05) is 13.8 Å². The molecule has 0 fully saturated rings. The molecule has 0 saturated heterocycles. The largest absolute Gasteiger partial charge is 0.490 e. The fourth-order valence-corrected chi connectivity index (χ4v) is 1.66. The molecule has 5 nitrogen and oxygen atoms in total. The van der Waals surface area contributed by atoms with Crippen LogP contribution in [0.3, 0.4) is 0 Å². The van der Waals surface area contributed by atoms with Crippen molar-refractivity contribution in [2.45, 2.75) is 46.1 Å². The van der Waals surface area contributed by atoms with Crippen LogP contribution in [0.15, 0.2) is 6.33 Å². The number of aromatic nitrogens is 2. The number of rotatable bonds is 7. The van der Waals surface area contributed by atoms with Crippen LogP contribution in [0.1, 0.15) is 40.5 Å². The van der Waals surface area contributed by atoms with E-state index in [4.69, 9.17) is 4.74 Å². The molecule has 0 saturated carbocycles. The number of anilines is 2. The highest BCUT2D eigenvalue weighted by Gasteiger charge is 2.22. The first kappa shape index (κ1) is 14.5. The fourth-order valence-electron chi connectivity index (χ4n) is 1.66. The second kappa shape index (κ2) is 6.42. The van der Waals surface area contributed by atoms with E-state index in [0.29, 0.717) is 5.75 Å².